The predicted octanol–water partition coefficient (Wildman–Crippen LogP) is 4.23. The number of aryl methyl sites for hydroxylation is 2. The molecule has 2 heteroatoms. The van der Waals surface area contributed by atoms with Gasteiger partial charge < -0.3 is 5.32 Å². The zero-order valence-corrected chi connectivity index (χ0v) is 11.9. The van der Waals surface area contributed by atoms with Gasteiger partial charge in [-0.1, -0.05) is 48.5 Å². The molecule has 0 atom stereocenters. The normalized spacial score (nSPS) is 12.8. The minimum absolute atomic E-state index is 0.749. The highest BCUT2D eigenvalue weighted by Gasteiger charge is 2.17. The van der Waals surface area contributed by atoms with Crippen molar-refractivity contribution in [3.8, 4) is 0 Å². The molecule has 2 aromatic carbocycles. The van der Waals surface area contributed by atoms with Crippen LogP contribution in [0.25, 0.3) is 0 Å². The van der Waals surface area contributed by atoms with Crippen molar-refractivity contribution in [1.82, 2.24) is 0 Å². The molecule has 0 amide bonds. The fourth-order valence-electron chi connectivity index (χ4n) is 2.57. The second-order valence-corrected chi connectivity index (χ2v) is 5.24. The number of fused-ring (bicyclic) bond motifs is 1. The molecule has 3 rings (SSSR count). The van der Waals surface area contributed by atoms with E-state index in [-0.39, 0.29) is 0 Å². The van der Waals surface area contributed by atoms with E-state index in [0.717, 1.165) is 23.6 Å². The first-order chi connectivity index (χ1) is 9.65. The van der Waals surface area contributed by atoms with E-state index in [1.54, 1.807) is 0 Å². The van der Waals surface area contributed by atoms with E-state index in [2.05, 4.69) is 67.1 Å². The molecule has 1 N–H and O–H groups in total. The Hall–Kier alpha value is -2.35. The molecule has 0 aliphatic carbocycles. The predicted molar refractivity (Wildman–Crippen MR) is 85.4 cm³/mol. The van der Waals surface area contributed by atoms with Gasteiger partial charge in [0, 0.05) is 11.3 Å². The number of allylic oxidation sites excluding steroid dienone is 1. The Labute approximate surface area is 119 Å². The number of rotatable bonds is 3. The minimum atomic E-state index is 0.749. The molecule has 20 heavy (non-hydrogen) atoms. The van der Waals surface area contributed by atoms with Crippen molar-refractivity contribution in [2.75, 3.05) is 5.32 Å². The van der Waals surface area contributed by atoms with E-state index in [9.17, 15) is 0 Å². The van der Waals surface area contributed by atoms with Crippen molar-refractivity contribution < 1.29 is 0 Å². The van der Waals surface area contributed by atoms with E-state index in [1.165, 1.54) is 22.3 Å². The molecule has 100 valence electrons. The van der Waals surface area contributed by atoms with Crippen molar-refractivity contribution in [1.29, 1.82) is 0 Å². The van der Waals surface area contributed by atoms with E-state index >= 15 is 0 Å². The first-order valence-corrected chi connectivity index (χ1v) is 6.81. The maximum absolute atomic E-state index is 4.60. The summed E-state index contributed by atoms with van der Waals surface area (Å²) in [5, 5.41) is 3.39. The second kappa shape index (κ2) is 4.97. The molecule has 0 fully saturated rings. The highest BCUT2D eigenvalue weighted by Crippen LogP contribution is 2.24. The standard InChI is InChI=1S/C18H18N2/c1-12-8-9-17(13(2)10-12)20-14(3)18-16-7-5-4-6-15(16)11-19-18/h4-10,20H,3,11H2,1-2H3. The van der Waals surface area contributed by atoms with Crippen LogP contribution in [0.1, 0.15) is 22.3 Å². The molecular formula is C18H18N2. The average Bonchev–Trinajstić information content (AvgIpc) is 2.86. The van der Waals surface area contributed by atoms with E-state index in [4.69, 9.17) is 0 Å². The van der Waals surface area contributed by atoms with Crippen LogP contribution in [0.15, 0.2) is 59.7 Å². The minimum Gasteiger partial charge on any atom is -0.354 e. The van der Waals surface area contributed by atoms with Gasteiger partial charge in [0.25, 0.3) is 0 Å². The van der Waals surface area contributed by atoms with Crippen LogP contribution in [0, 0.1) is 13.8 Å². The van der Waals surface area contributed by atoms with E-state index < -0.39 is 0 Å². The summed E-state index contributed by atoms with van der Waals surface area (Å²) in [5.74, 6) is 0. The maximum Gasteiger partial charge on any atom is 0.0882 e. The first kappa shape index (κ1) is 12.7. The van der Waals surface area contributed by atoms with Crippen LogP contribution in [-0.4, -0.2) is 5.71 Å². The Balaban J connectivity index is 1.85. The van der Waals surface area contributed by atoms with E-state index in [1.807, 2.05) is 6.07 Å². The van der Waals surface area contributed by atoms with Crippen LogP contribution in [0.4, 0.5) is 5.69 Å². The van der Waals surface area contributed by atoms with Crippen molar-refractivity contribution in [2.45, 2.75) is 20.4 Å². The Morgan fingerprint density at radius 2 is 1.95 bits per heavy atom. The van der Waals surface area contributed by atoms with Gasteiger partial charge in [-0.05, 0) is 31.0 Å². The molecule has 0 spiro atoms. The van der Waals surface area contributed by atoms with Crippen LogP contribution < -0.4 is 5.32 Å². The molecule has 2 aromatic rings. The van der Waals surface area contributed by atoms with Crippen LogP contribution >= 0.6 is 0 Å². The third kappa shape index (κ3) is 2.25. The number of aliphatic imine (C=N–C) groups is 1. The summed E-state index contributed by atoms with van der Waals surface area (Å²) < 4.78 is 0. The average molecular weight is 262 g/mol. The number of nitrogens with zero attached hydrogens (tertiary/aromatic N) is 1. The Bertz CT molecular complexity index is 711. The second-order valence-electron chi connectivity index (χ2n) is 5.24. The molecule has 1 heterocycles. The summed E-state index contributed by atoms with van der Waals surface area (Å²) in [4.78, 5) is 4.60. The smallest absolute Gasteiger partial charge is 0.0882 e. The number of hydrogen-bond acceptors (Lipinski definition) is 2. The summed E-state index contributed by atoms with van der Waals surface area (Å²) in [6.45, 7) is 9.11. The van der Waals surface area contributed by atoms with Crippen LogP contribution in [-0.2, 0) is 6.54 Å². The first-order valence-electron chi connectivity index (χ1n) is 6.81. The Morgan fingerprint density at radius 3 is 2.75 bits per heavy atom. The quantitative estimate of drug-likeness (QED) is 0.879. The van der Waals surface area contributed by atoms with Crippen molar-refractivity contribution in [2.24, 2.45) is 4.99 Å². The highest BCUT2D eigenvalue weighted by atomic mass is 14.9. The van der Waals surface area contributed by atoms with Crippen LogP contribution in [0.3, 0.4) is 0 Å². The molecule has 1 aliphatic rings. The number of nitrogens with one attached hydrogen (secondary N) is 1. The lowest BCUT2D eigenvalue weighted by molar-refractivity contribution is 1.11. The van der Waals surface area contributed by atoms with Gasteiger partial charge in [-0.15, -0.1) is 0 Å². The highest BCUT2D eigenvalue weighted by molar-refractivity contribution is 6.16. The van der Waals surface area contributed by atoms with Gasteiger partial charge in [0.2, 0.25) is 0 Å². The monoisotopic (exact) mass is 262 g/mol. The van der Waals surface area contributed by atoms with Crippen molar-refractivity contribution >= 4 is 11.4 Å². The lowest BCUT2D eigenvalue weighted by atomic mass is 10.0. The van der Waals surface area contributed by atoms with Gasteiger partial charge >= 0.3 is 0 Å². The fraction of sp³-hybridized carbons (Fsp3) is 0.167. The van der Waals surface area contributed by atoms with Crippen molar-refractivity contribution in [3.05, 3.63) is 77.0 Å². The lowest BCUT2D eigenvalue weighted by Crippen LogP contribution is -2.11. The summed E-state index contributed by atoms with van der Waals surface area (Å²) >= 11 is 0. The van der Waals surface area contributed by atoms with Gasteiger partial charge in [-0.3, -0.25) is 4.99 Å². The number of benzene rings is 2. The van der Waals surface area contributed by atoms with Gasteiger partial charge in [0.15, 0.2) is 0 Å². The molecular weight excluding hydrogens is 244 g/mol. The molecule has 0 bridgehead atoms. The Morgan fingerprint density at radius 1 is 1.15 bits per heavy atom. The molecule has 1 aliphatic heterocycles. The molecule has 0 saturated heterocycles. The third-order valence-corrected chi connectivity index (χ3v) is 3.63. The maximum atomic E-state index is 4.60. The molecule has 0 unspecified atom stereocenters. The third-order valence-electron chi connectivity index (χ3n) is 3.63. The zero-order chi connectivity index (χ0) is 14.1. The summed E-state index contributed by atoms with van der Waals surface area (Å²) in [6, 6.07) is 14.7. The molecule has 0 radical (unpaired) electrons. The molecule has 0 aromatic heterocycles. The lowest BCUT2D eigenvalue weighted by Gasteiger charge is -2.13. The zero-order valence-electron chi connectivity index (χ0n) is 11.9. The van der Waals surface area contributed by atoms with E-state index in [0.29, 0.717) is 0 Å². The molecule has 0 saturated carbocycles. The van der Waals surface area contributed by atoms with Gasteiger partial charge in [-0.25, -0.2) is 0 Å². The largest absolute Gasteiger partial charge is 0.354 e. The number of hydrogen-bond donors (Lipinski definition) is 1. The van der Waals surface area contributed by atoms with Crippen LogP contribution in [0.2, 0.25) is 0 Å². The fourth-order valence-corrected chi connectivity index (χ4v) is 2.57. The summed E-state index contributed by atoms with van der Waals surface area (Å²) in [7, 11) is 0. The van der Waals surface area contributed by atoms with Gasteiger partial charge in [0.1, 0.15) is 0 Å². The van der Waals surface area contributed by atoms with Crippen molar-refractivity contribution in [3.63, 3.8) is 0 Å². The SMILES string of the molecule is C=C(Nc1ccc(C)cc1C)C1=NCc2ccccc21. The topological polar surface area (TPSA) is 24.4 Å². The van der Waals surface area contributed by atoms with Gasteiger partial charge in [-0.2, -0.15) is 0 Å². The van der Waals surface area contributed by atoms with Gasteiger partial charge in [0.05, 0.1) is 18.0 Å². The summed E-state index contributed by atoms with van der Waals surface area (Å²) in [6.07, 6.45) is 0. The number of anilines is 1. The van der Waals surface area contributed by atoms with Crippen LogP contribution in [0.5, 0.6) is 0 Å². The molecule has 2 nitrogen and oxygen atoms in total. The summed E-state index contributed by atoms with van der Waals surface area (Å²) in [5.41, 5.74) is 7.87. The Kier molecular flexibility index (Phi) is 3.15.